The molecule has 3 rings (SSSR count). The van der Waals surface area contributed by atoms with E-state index in [1.165, 1.54) is 0 Å². The average molecular weight is 231 g/mol. The van der Waals surface area contributed by atoms with Crippen LogP contribution in [-0.4, -0.2) is 22.6 Å². The summed E-state index contributed by atoms with van der Waals surface area (Å²) < 4.78 is 7.60. The lowest BCUT2D eigenvalue weighted by molar-refractivity contribution is 0.105. The fourth-order valence-corrected chi connectivity index (χ4v) is 3.06. The van der Waals surface area contributed by atoms with Gasteiger partial charge >= 0.3 is 0 Å². The minimum absolute atomic E-state index is 0.487. The topological polar surface area (TPSA) is 39.9 Å². The zero-order valence-electron chi connectivity index (χ0n) is 9.15. The number of aromatic nitrogens is 3. The van der Waals surface area contributed by atoms with E-state index in [1.54, 1.807) is 11.3 Å². The van der Waals surface area contributed by atoms with Gasteiger partial charge in [-0.3, -0.25) is 4.57 Å². The maximum absolute atomic E-state index is 6.05. The molecule has 2 aromatic heterocycles. The lowest BCUT2D eigenvalue weighted by Crippen LogP contribution is -2.10. The van der Waals surface area contributed by atoms with Crippen LogP contribution in [-0.2, 0) is 18.0 Å². The van der Waals surface area contributed by atoms with Crippen LogP contribution >= 0.6 is 11.3 Å². The number of hydrogen-bond donors (Lipinski definition) is 0. The van der Waals surface area contributed by atoms with E-state index in [9.17, 15) is 0 Å². The Morgan fingerprint density at radius 1 is 1.31 bits per heavy atom. The standard InChI is InChI=1S/C10H10BN3OS/c1-5-9(11)7-3-15-4-8-13-12-6(2)14(8)10(7)16-5/h3-4H2,1-2H3. The van der Waals surface area contributed by atoms with Crippen molar-refractivity contribution in [2.24, 2.45) is 0 Å². The van der Waals surface area contributed by atoms with Crippen molar-refractivity contribution in [3.63, 3.8) is 0 Å². The molecule has 4 nitrogen and oxygen atoms in total. The first-order valence-electron chi connectivity index (χ1n) is 5.05. The van der Waals surface area contributed by atoms with Gasteiger partial charge in [-0.2, -0.15) is 0 Å². The van der Waals surface area contributed by atoms with Gasteiger partial charge in [0.25, 0.3) is 0 Å². The number of ether oxygens (including phenoxy) is 1. The summed E-state index contributed by atoms with van der Waals surface area (Å²) in [4.78, 5) is 1.12. The number of fused-ring (bicyclic) bond motifs is 3. The number of rotatable bonds is 0. The Labute approximate surface area is 98.7 Å². The van der Waals surface area contributed by atoms with Gasteiger partial charge in [0.1, 0.15) is 25.3 Å². The maximum Gasteiger partial charge on any atom is 0.164 e. The molecule has 2 radical (unpaired) electrons. The number of nitrogens with zero attached hydrogens (tertiary/aromatic N) is 3. The van der Waals surface area contributed by atoms with E-state index in [1.807, 2.05) is 18.4 Å². The van der Waals surface area contributed by atoms with Crippen LogP contribution in [0.15, 0.2) is 0 Å². The molecule has 0 amide bonds. The van der Waals surface area contributed by atoms with Crippen molar-refractivity contribution in [3.05, 3.63) is 22.1 Å². The van der Waals surface area contributed by atoms with Gasteiger partial charge in [-0.25, -0.2) is 0 Å². The quantitative estimate of drug-likeness (QED) is 0.628. The molecule has 80 valence electrons. The van der Waals surface area contributed by atoms with Crippen LogP contribution in [0.1, 0.15) is 22.1 Å². The first kappa shape index (κ1) is 10.0. The maximum atomic E-state index is 6.05. The van der Waals surface area contributed by atoms with E-state index in [4.69, 9.17) is 12.6 Å². The van der Waals surface area contributed by atoms with E-state index < -0.39 is 0 Å². The second kappa shape index (κ2) is 3.43. The van der Waals surface area contributed by atoms with Gasteiger partial charge in [-0.1, -0.05) is 5.46 Å². The minimum atomic E-state index is 0.487. The van der Waals surface area contributed by atoms with Crippen LogP contribution in [0.25, 0.3) is 5.00 Å². The third-order valence-electron chi connectivity index (χ3n) is 2.78. The smallest absolute Gasteiger partial charge is 0.164 e. The summed E-state index contributed by atoms with van der Waals surface area (Å²) in [6.45, 7) is 5.00. The van der Waals surface area contributed by atoms with E-state index in [0.717, 1.165) is 32.6 Å². The molecule has 1 aliphatic heterocycles. The normalized spacial score (nSPS) is 14.4. The predicted octanol–water partition coefficient (Wildman–Crippen LogP) is 0.770. The molecule has 0 N–H and O–H groups in total. The van der Waals surface area contributed by atoms with Crippen LogP contribution in [0.2, 0.25) is 0 Å². The van der Waals surface area contributed by atoms with Crippen molar-refractivity contribution in [1.82, 2.24) is 14.8 Å². The SMILES string of the molecule is [B]c1c(C)sc2c1COCc1nnc(C)n1-2. The Hall–Kier alpha value is -1.14. The van der Waals surface area contributed by atoms with Crippen molar-refractivity contribution >= 4 is 24.6 Å². The monoisotopic (exact) mass is 231 g/mol. The fraction of sp³-hybridized carbons (Fsp3) is 0.400. The molecule has 1 aliphatic rings. The highest BCUT2D eigenvalue weighted by molar-refractivity contribution is 7.15. The minimum Gasteiger partial charge on any atom is -0.369 e. The summed E-state index contributed by atoms with van der Waals surface area (Å²) in [7, 11) is 6.05. The van der Waals surface area contributed by atoms with Crippen LogP contribution in [0.4, 0.5) is 0 Å². The van der Waals surface area contributed by atoms with Gasteiger partial charge < -0.3 is 4.74 Å². The van der Waals surface area contributed by atoms with Gasteiger partial charge in [0, 0.05) is 5.56 Å². The molecule has 0 spiro atoms. The van der Waals surface area contributed by atoms with Gasteiger partial charge in [0.15, 0.2) is 5.82 Å². The predicted molar refractivity (Wildman–Crippen MR) is 62.6 cm³/mol. The van der Waals surface area contributed by atoms with Crippen molar-refractivity contribution in [1.29, 1.82) is 0 Å². The summed E-state index contributed by atoms with van der Waals surface area (Å²) in [6.07, 6.45) is 0. The van der Waals surface area contributed by atoms with Gasteiger partial charge in [-0.15, -0.1) is 21.5 Å². The van der Waals surface area contributed by atoms with Crippen molar-refractivity contribution in [2.75, 3.05) is 0 Å². The molecular weight excluding hydrogens is 221 g/mol. The molecule has 2 aromatic rings. The second-order valence-electron chi connectivity index (χ2n) is 3.85. The van der Waals surface area contributed by atoms with Gasteiger partial charge in [0.2, 0.25) is 0 Å². The van der Waals surface area contributed by atoms with Crippen molar-refractivity contribution in [3.8, 4) is 5.00 Å². The highest BCUT2D eigenvalue weighted by atomic mass is 32.1. The Balaban J connectivity index is 2.32. The highest BCUT2D eigenvalue weighted by Crippen LogP contribution is 2.28. The Morgan fingerprint density at radius 2 is 2.12 bits per heavy atom. The largest absolute Gasteiger partial charge is 0.369 e. The van der Waals surface area contributed by atoms with Crippen LogP contribution in [0.3, 0.4) is 0 Å². The number of aryl methyl sites for hydroxylation is 2. The first-order chi connectivity index (χ1) is 7.68. The zero-order valence-corrected chi connectivity index (χ0v) is 9.97. The Kier molecular flexibility index (Phi) is 2.15. The van der Waals surface area contributed by atoms with Gasteiger partial charge in [0.05, 0.1) is 6.61 Å². The second-order valence-corrected chi connectivity index (χ2v) is 5.05. The first-order valence-corrected chi connectivity index (χ1v) is 5.87. The van der Waals surface area contributed by atoms with Crippen LogP contribution < -0.4 is 5.46 Å². The molecule has 0 aliphatic carbocycles. The number of thiophene rings is 1. The molecule has 0 saturated heterocycles. The molecule has 16 heavy (non-hydrogen) atoms. The molecule has 6 heteroatoms. The summed E-state index contributed by atoms with van der Waals surface area (Å²) in [5.74, 6) is 1.72. The lowest BCUT2D eigenvalue weighted by Gasteiger charge is -2.03. The zero-order chi connectivity index (χ0) is 11.3. The van der Waals surface area contributed by atoms with E-state index >= 15 is 0 Å². The summed E-state index contributed by atoms with van der Waals surface area (Å²) in [5, 5.41) is 9.29. The van der Waals surface area contributed by atoms with Crippen molar-refractivity contribution < 1.29 is 4.74 Å². The van der Waals surface area contributed by atoms with E-state index in [-0.39, 0.29) is 0 Å². The fourth-order valence-electron chi connectivity index (χ4n) is 1.92. The highest BCUT2D eigenvalue weighted by Gasteiger charge is 2.22. The molecule has 3 heterocycles. The summed E-state index contributed by atoms with van der Waals surface area (Å²) in [5.41, 5.74) is 1.89. The number of hydrogen-bond acceptors (Lipinski definition) is 4. The molecule has 0 saturated carbocycles. The molecule has 0 fully saturated rings. The van der Waals surface area contributed by atoms with Crippen LogP contribution in [0.5, 0.6) is 0 Å². The van der Waals surface area contributed by atoms with Gasteiger partial charge in [-0.05, 0) is 18.7 Å². The molecule has 0 aromatic carbocycles. The van der Waals surface area contributed by atoms with Crippen molar-refractivity contribution in [2.45, 2.75) is 27.1 Å². The summed E-state index contributed by atoms with van der Waals surface area (Å²) in [6, 6.07) is 0. The lowest BCUT2D eigenvalue weighted by atomic mass is 9.92. The van der Waals surface area contributed by atoms with E-state index in [0.29, 0.717) is 13.2 Å². The molecule has 0 unspecified atom stereocenters. The molecule has 0 atom stereocenters. The third kappa shape index (κ3) is 1.26. The van der Waals surface area contributed by atoms with E-state index in [2.05, 4.69) is 10.2 Å². The average Bonchev–Trinajstić information content (AvgIpc) is 2.67. The molecule has 0 bridgehead atoms. The van der Waals surface area contributed by atoms with Crippen LogP contribution in [0, 0.1) is 13.8 Å². The molecular formula is C10H10BN3OS. The third-order valence-corrected chi connectivity index (χ3v) is 3.93. The Bertz CT molecular complexity index is 561. The Morgan fingerprint density at radius 3 is 2.94 bits per heavy atom. The summed E-state index contributed by atoms with van der Waals surface area (Å²) >= 11 is 1.67.